The van der Waals surface area contributed by atoms with E-state index in [9.17, 15) is 22.8 Å². The number of hydrogen-bond acceptors (Lipinski definition) is 7. The van der Waals surface area contributed by atoms with Crippen LogP contribution >= 0.6 is 0 Å². The van der Waals surface area contributed by atoms with Crippen LogP contribution in [0.1, 0.15) is 58.6 Å². The summed E-state index contributed by atoms with van der Waals surface area (Å²) in [5.74, 6) is -1.39. The number of benzene rings is 3. The lowest BCUT2D eigenvalue weighted by atomic mass is 9.90. The maximum atomic E-state index is 12.9. The van der Waals surface area contributed by atoms with Crippen molar-refractivity contribution in [2.45, 2.75) is 49.5 Å². The fourth-order valence-corrected chi connectivity index (χ4v) is 6.52. The van der Waals surface area contributed by atoms with Gasteiger partial charge in [-0.1, -0.05) is 24.3 Å². The number of H-pyrrole nitrogens is 1. The van der Waals surface area contributed by atoms with Crippen molar-refractivity contribution in [2.75, 3.05) is 12.4 Å². The molecule has 11 heteroatoms. The third-order valence-electron chi connectivity index (χ3n) is 7.45. The van der Waals surface area contributed by atoms with E-state index >= 15 is 0 Å². The van der Waals surface area contributed by atoms with Crippen LogP contribution in [0.2, 0.25) is 0 Å². The van der Waals surface area contributed by atoms with Crippen molar-refractivity contribution in [1.82, 2.24) is 9.71 Å². The molecule has 0 aliphatic heterocycles. The van der Waals surface area contributed by atoms with Crippen molar-refractivity contribution in [3.63, 3.8) is 0 Å². The van der Waals surface area contributed by atoms with Gasteiger partial charge in [-0.3, -0.25) is 10.1 Å². The van der Waals surface area contributed by atoms with Crippen molar-refractivity contribution in [3.05, 3.63) is 89.1 Å². The first-order chi connectivity index (χ1) is 20.2. The zero-order valence-electron chi connectivity index (χ0n) is 23.2. The average molecular weight is 590 g/mol. The Balaban J connectivity index is 1.40. The molecule has 0 saturated heterocycles. The lowest BCUT2D eigenvalue weighted by molar-refractivity contribution is -0.108. The topological polar surface area (TPSA) is 144 Å². The molecule has 3 N–H and O–H groups in total. The summed E-state index contributed by atoms with van der Waals surface area (Å²) < 4.78 is 38.8. The molecule has 218 valence electrons. The third kappa shape index (κ3) is 6.01. The second-order valence-electron chi connectivity index (χ2n) is 10.2. The molecule has 0 spiro atoms. The Hall–Kier alpha value is -4.64. The zero-order chi connectivity index (χ0) is 29.9. The molecule has 0 radical (unpaired) electrons. The minimum atomic E-state index is -4.11. The molecular weight excluding hydrogens is 558 g/mol. The molecular formula is C31H31N3O7S. The quantitative estimate of drug-likeness (QED) is 0.221. The molecule has 1 heterocycles. The summed E-state index contributed by atoms with van der Waals surface area (Å²) in [7, 11) is -2.71. The van der Waals surface area contributed by atoms with Gasteiger partial charge in [0.15, 0.2) is 0 Å². The minimum absolute atomic E-state index is 0.00273. The number of carbonyl (C=O) groups is 3. The first kappa shape index (κ1) is 28.9. The minimum Gasteiger partial charge on any atom is -0.496 e. The summed E-state index contributed by atoms with van der Waals surface area (Å²) in [4.78, 5) is 40.9. The summed E-state index contributed by atoms with van der Waals surface area (Å²) >= 11 is 0. The van der Waals surface area contributed by atoms with Crippen molar-refractivity contribution in [2.24, 2.45) is 0 Å². The van der Waals surface area contributed by atoms with Gasteiger partial charge in [-0.05, 0) is 80.1 Å². The Bertz CT molecular complexity index is 1760. The molecule has 2 amide bonds. The van der Waals surface area contributed by atoms with Crippen LogP contribution in [-0.4, -0.2) is 44.9 Å². The lowest BCUT2D eigenvalue weighted by Crippen LogP contribution is -2.31. The normalized spacial score (nSPS) is 14.3. The number of amides is 2. The molecule has 3 aromatic carbocycles. The fraction of sp³-hybridized carbons (Fsp3) is 0.258. The maximum absolute atomic E-state index is 12.9. The van der Waals surface area contributed by atoms with E-state index in [1.54, 1.807) is 55.6 Å². The Morgan fingerprint density at radius 2 is 1.79 bits per heavy atom. The molecule has 1 saturated carbocycles. The smallest absolute Gasteiger partial charge is 0.411 e. The summed E-state index contributed by atoms with van der Waals surface area (Å²) in [6, 6.07) is 16.1. The van der Waals surface area contributed by atoms with E-state index in [-0.39, 0.29) is 22.3 Å². The highest BCUT2D eigenvalue weighted by Gasteiger charge is 2.25. The Morgan fingerprint density at radius 1 is 1.02 bits per heavy atom. The number of methoxy groups -OCH3 is 1. The van der Waals surface area contributed by atoms with Crippen molar-refractivity contribution in [3.8, 4) is 5.75 Å². The number of nitrogens with one attached hydrogen (secondary N) is 3. The molecule has 5 rings (SSSR count). The predicted molar refractivity (Wildman–Crippen MR) is 157 cm³/mol. The van der Waals surface area contributed by atoms with Crippen LogP contribution < -0.4 is 14.8 Å². The number of aromatic nitrogens is 1. The van der Waals surface area contributed by atoms with Gasteiger partial charge in [0.1, 0.15) is 18.1 Å². The molecule has 1 aliphatic rings. The highest BCUT2D eigenvalue weighted by molar-refractivity contribution is 7.90. The molecule has 10 nitrogen and oxygen atoms in total. The molecule has 1 fully saturated rings. The Morgan fingerprint density at radius 3 is 2.50 bits per heavy atom. The van der Waals surface area contributed by atoms with Crippen molar-refractivity contribution < 1.29 is 32.3 Å². The van der Waals surface area contributed by atoms with E-state index in [4.69, 9.17) is 9.47 Å². The van der Waals surface area contributed by atoms with Gasteiger partial charge in [-0.25, -0.2) is 17.9 Å². The van der Waals surface area contributed by atoms with Crippen LogP contribution in [0.25, 0.3) is 10.9 Å². The monoisotopic (exact) mass is 589 g/mol. The molecule has 1 unspecified atom stereocenters. The molecule has 4 aromatic rings. The van der Waals surface area contributed by atoms with Gasteiger partial charge in [-0.15, -0.1) is 0 Å². The van der Waals surface area contributed by atoms with E-state index in [0.29, 0.717) is 27.8 Å². The summed E-state index contributed by atoms with van der Waals surface area (Å²) in [6.45, 7) is 1.64. The van der Waals surface area contributed by atoms with Gasteiger partial charge in [0.2, 0.25) is 0 Å². The SMILES string of the molecule is COc1cc(C(=O)NS(=O)(=O)c2ccccc2C)ccc1C(C=O)c1c[nH]c2ccc(NC(=O)OC3CCCC3)cc12. The third-order valence-corrected chi connectivity index (χ3v) is 8.94. The number of carbonyl (C=O) groups excluding carboxylic acids is 3. The number of rotatable bonds is 9. The van der Waals surface area contributed by atoms with E-state index in [0.717, 1.165) is 37.5 Å². The van der Waals surface area contributed by atoms with Crippen LogP contribution in [0.3, 0.4) is 0 Å². The summed E-state index contributed by atoms with van der Waals surface area (Å²) in [5.41, 5.74) is 2.93. The first-order valence-corrected chi connectivity index (χ1v) is 15.0. The van der Waals surface area contributed by atoms with Gasteiger partial charge in [0, 0.05) is 33.9 Å². The second kappa shape index (κ2) is 12.1. The maximum Gasteiger partial charge on any atom is 0.411 e. The van der Waals surface area contributed by atoms with Crippen LogP contribution in [0.5, 0.6) is 5.75 Å². The van der Waals surface area contributed by atoms with Crippen LogP contribution in [0.15, 0.2) is 71.8 Å². The van der Waals surface area contributed by atoms with E-state index < -0.39 is 27.9 Å². The number of aromatic amines is 1. The van der Waals surface area contributed by atoms with Crippen LogP contribution in [0.4, 0.5) is 10.5 Å². The lowest BCUT2D eigenvalue weighted by Gasteiger charge is -2.16. The molecule has 1 aromatic heterocycles. The van der Waals surface area contributed by atoms with E-state index in [2.05, 4.69) is 15.0 Å². The van der Waals surface area contributed by atoms with Gasteiger partial charge in [0.25, 0.3) is 15.9 Å². The van der Waals surface area contributed by atoms with E-state index in [1.807, 2.05) is 0 Å². The largest absolute Gasteiger partial charge is 0.496 e. The number of aryl methyl sites for hydroxylation is 1. The average Bonchev–Trinajstić information content (AvgIpc) is 3.63. The summed E-state index contributed by atoms with van der Waals surface area (Å²) in [6.07, 6.45) is 5.69. The number of anilines is 1. The number of fused-ring (bicyclic) bond motifs is 1. The van der Waals surface area contributed by atoms with Gasteiger partial charge < -0.3 is 19.3 Å². The standard InChI is InChI=1S/C31H31N3O7S/c1-19-7-3-6-10-29(19)42(38,39)34-30(36)20-11-13-23(28(15-20)40-2)26(18-35)25-17-32-27-14-12-21(16-24(25)27)33-31(37)41-22-8-4-5-9-22/h3,6-7,10-18,22,26,32H,4-5,8-9H2,1-2H3,(H,33,37)(H,34,36). The van der Waals surface area contributed by atoms with Crippen molar-refractivity contribution in [1.29, 1.82) is 0 Å². The number of aldehydes is 1. The second-order valence-corrected chi connectivity index (χ2v) is 11.9. The first-order valence-electron chi connectivity index (χ1n) is 13.5. The fourth-order valence-electron chi connectivity index (χ4n) is 5.30. The highest BCUT2D eigenvalue weighted by Crippen LogP contribution is 2.36. The molecule has 1 atom stereocenters. The van der Waals surface area contributed by atoms with Gasteiger partial charge in [0.05, 0.1) is 17.9 Å². The number of hydrogen-bond donors (Lipinski definition) is 3. The van der Waals surface area contributed by atoms with Crippen LogP contribution in [0, 0.1) is 6.92 Å². The van der Waals surface area contributed by atoms with Gasteiger partial charge >= 0.3 is 6.09 Å². The van der Waals surface area contributed by atoms with Crippen LogP contribution in [-0.2, 0) is 19.6 Å². The van der Waals surface area contributed by atoms with E-state index in [1.165, 1.54) is 25.3 Å². The number of ether oxygens (including phenoxy) is 2. The van der Waals surface area contributed by atoms with Gasteiger partial charge in [-0.2, -0.15) is 0 Å². The zero-order valence-corrected chi connectivity index (χ0v) is 24.0. The molecule has 42 heavy (non-hydrogen) atoms. The van der Waals surface area contributed by atoms with Crippen molar-refractivity contribution >= 4 is 44.9 Å². The Labute approximate surface area is 243 Å². The molecule has 0 bridgehead atoms. The predicted octanol–water partition coefficient (Wildman–Crippen LogP) is 5.43. The Kier molecular flexibility index (Phi) is 8.30. The number of sulfonamides is 1. The molecule has 1 aliphatic carbocycles. The summed E-state index contributed by atoms with van der Waals surface area (Å²) in [5, 5.41) is 3.48. The highest BCUT2D eigenvalue weighted by atomic mass is 32.2.